The highest BCUT2D eigenvalue weighted by Crippen LogP contribution is 2.15. The van der Waals surface area contributed by atoms with Crippen molar-refractivity contribution in [3.05, 3.63) is 30.3 Å². The molecule has 112 valence electrons. The number of hydrogen-bond acceptors (Lipinski definition) is 1. The third kappa shape index (κ3) is 5.10. The lowest BCUT2D eigenvalue weighted by molar-refractivity contribution is -0.880. The molecule has 1 aromatic rings. The Kier molecular flexibility index (Phi) is 5.96. The van der Waals surface area contributed by atoms with E-state index in [1.54, 1.807) is 0 Å². The third-order valence-corrected chi connectivity index (χ3v) is 9.02. The number of rotatable bonds is 8. The van der Waals surface area contributed by atoms with Crippen molar-refractivity contribution >= 4 is 19.2 Å². The van der Waals surface area contributed by atoms with Gasteiger partial charge in [0.25, 0.3) is 0 Å². The second-order valence-corrected chi connectivity index (χ2v) is 11.3. The van der Waals surface area contributed by atoms with Crippen molar-refractivity contribution in [2.24, 2.45) is 0 Å². The van der Waals surface area contributed by atoms with E-state index in [0.29, 0.717) is 0 Å². The molecular formula is C16H28NO2Si+. The molecule has 0 saturated heterocycles. The van der Waals surface area contributed by atoms with E-state index in [0.717, 1.165) is 23.6 Å². The van der Waals surface area contributed by atoms with Crippen molar-refractivity contribution in [3.8, 4) is 0 Å². The molecule has 20 heavy (non-hydrogen) atoms. The molecule has 0 fully saturated rings. The van der Waals surface area contributed by atoms with Gasteiger partial charge in [-0.05, 0) is 0 Å². The van der Waals surface area contributed by atoms with Crippen LogP contribution in [0.5, 0.6) is 0 Å². The number of carboxylic acids is 1. The van der Waals surface area contributed by atoms with E-state index in [1.165, 1.54) is 11.2 Å². The maximum absolute atomic E-state index is 10.6. The summed E-state index contributed by atoms with van der Waals surface area (Å²) in [5.74, 6) is -0.691. The summed E-state index contributed by atoms with van der Waals surface area (Å²) in [6.07, 6.45) is 2.19. The van der Waals surface area contributed by atoms with E-state index in [4.69, 9.17) is 5.11 Å². The van der Waals surface area contributed by atoms with Crippen molar-refractivity contribution in [1.29, 1.82) is 0 Å². The fourth-order valence-corrected chi connectivity index (χ4v) is 6.79. The highest BCUT2D eigenvalue weighted by Gasteiger charge is 2.35. The zero-order valence-corrected chi connectivity index (χ0v) is 14.2. The summed E-state index contributed by atoms with van der Waals surface area (Å²) >= 11 is 0. The zero-order valence-electron chi connectivity index (χ0n) is 13.2. The van der Waals surface area contributed by atoms with Gasteiger partial charge in [0.1, 0.15) is 8.07 Å². The number of quaternary nitrogens is 1. The smallest absolute Gasteiger partial charge is 0.303 e. The SMILES string of the molecule is CC[Si](C)(C[N+](C)(C)CCCC(=O)O)c1ccccc1. The maximum Gasteiger partial charge on any atom is 0.303 e. The van der Waals surface area contributed by atoms with E-state index in [2.05, 4.69) is 57.9 Å². The summed E-state index contributed by atoms with van der Waals surface area (Å²) in [4.78, 5) is 10.6. The van der Waals surface area contributed by atoms with Gasteiger partial charge in [-0.2, -0.15) is 0 Å². The first kappa shape index (κ1) is 16.9. The third-order valence-electron chi connectivity index (χ3n) is 4.18. The van der Waals surface area contributed by atoms with E-state index in [-0.39, 0.29) is 6.42 Å². The predicted molar refractivity (Wildman–Crippen MR) is 86.9 cm³/mol. The van der Waals surface area contributed by atoms with Gasteiger partial charge >= 0.3 is 5.97 Å². The molecule has 1 N–H and O–H groups in total. The van der Waals surface area contributed by atoms with Crippen molar-refractivity contribution in [2.75, 3.05) is 26.8 Å². The van der Waals surface area contributed by atoms with Crippen LogP contribution in [-0.2, 0) is 4.79 Å². The molecule has 1 unspecified atom stereocenters. The van der Waals surface area contributed by atoms with Crippen LogP contribution in [0.4, 0.5) is 0 Å². The summed E-state index contributed by atoms with van der Waals surface area (Å²) in [5.41, 5.74) is 0. The molecule has 0 bridgehead atoms. The van der Waals surface area contributed by atoms with Crippen molar-refractivity contribution in [3.63, 3.8) is 0 Å². The quantitative estimate of drug-likeness (QED) is 0.591. The summed E-state index contributed by atoms with van der Waals surface area (Å²) in [6.45, 7) is 5.66. The standard InChI is InChI=1S/C16H27NO2Si/c1-5-20(4,15-10-7-6-8-11-15)14-17(2,3)13-9-12-16(18)19/h6-8,10-11H,5,9,12-14H2,1-4H3/p+1. The van der Waals surface area contributed by atoms with Gasteiger partial charge in [0, 0.05) is 6.42 Å². The van der Waals surface area contributed by atoms with Gasteiger partial charge < -0.3 is 9.59 Å². The fraction of sp³-hybridized carbons (Fsp3) is 0.562. The lowest BCUT2D eigenvalue weighted by Gasteiger charge is -2.38. The lowest BCUT2D eigenvalue weighted by atomic mass is 10.3. The molecule has 1 rings (SSSR count). The number of hydrogen-bond donors (Lipinski definition) is 1. The second kappa shape index (κ2) is 7.04. The molecule has 0 spiro atoms. The van der Waals surface area contributed by atoms with Gasteiger partial charge in [0.15, 0.2) is 0 Å². The lowest BCUT2D eigenvalue weighted by Crippen LogP contribution is -2.59. The molecule has 1 aromatic carbocycles. The van der Waals surface area contributed by atoms with Crippen molar-refractivity contribution in [2.45, 2.75) is 32.4 Å². The normalized spacial score (nSPS) is 14.8. The van der Waals surface area contributed by atoms with Gasteiger partial charge in [0.2, 0.25) is 0 Å². The van der Waals surface area contributed by atoms with Crippen LogP contribution in [0, 0.1) is 0 Å². The molecular weight excluding hydrogens is 266 g/mol. The molecule has 0 amide bonds. The molecule has 0 saturated carbocycles. The Bertz CT molecular complexity index is 433. The number of nitrogens with zero attached hydrogens (tertiary/aromatic N) is 1. The molecule has 0 aliphatic rings. The van der Waals surface area contributed by atoms with Gasteiger partial charge in [-0.3, -0.25) is 4.79 Å². The Morgan fingerprint density at radius 3 is 2.35 bits per heavy atom. The fourth-order valence-electron chi connectivity index (χ4n) is 2.93. The minimum atomic E-state index is -1.49. The maximum atomic E-state index is 10.6. The Labute approximate surface area is 123 Å². The monoisotopic (exact) mass is 294 g/mol. The summed E-state index contributed by atoms with van der Waals surface area (Å²) in [7, 11) is 2.97. The number of carboxylic acid groups (broad SMARTS) is 1. The minimum Gasteiger partial charge on any atom is -0.481 e. The zero-order chi connectivity index (χ0) is 15.2. The van der Waals surface area contributed by atoms with Gasteiger partial charge in [-0.1, -0.05) is 55.0 Å². The topological polar surface area (TPSA) is 37.3 Å². The highest BCUT2D eigenvalue weighted by atomic mass is 28.3. The molecule has 3 nitrogen and oxygen atoms in total. The van der Waals surface area contributed by atoms with E-state index in [9.17, 15) is 4.79 Å². The van der Waals surface area contributed by atoms with Gasteiger partial charge in [-0.15, -0.1) is 0 Å². The molecule has 0 aliphatic heterocycles. The first-order chi connectivity index (χ1) is 9.29. The van der Waals surface area contributed by atoms with Crippen LogP contribution in [0.1, 0.15) is 19.8 Å². The largest absolute Gasteiger partial charge is 0.481 e. The van der Waals surface area contributed by atoms with Gasteiger partial charge in [0.05, 0.1) is 33.2 Å². The van der Waals surface area contributed by atoms with Crippen LogP contribution in [0.2, 0.25) is 12.6 Å². The molecule has 0 heterocycles. The molecule has 0 aromatic heterocycles. The second-order valence-electron chi connectivity index (χ2n) is 6.59. The van der Waals surface area contributed by atoms with Crippen LogP contribution in [0.25, 0.3) is 0 Å². The number of benzene rings is 1. The molecule has 0 aliphatic carbocycles. The Morgan fingerprint density at radius 2 is 1.85 bits per heavy atom. The van der Waals surface area contributed by atoms with E-state index >= 15 is 0 Å². The van der Waals surface area contributed by atoms with E-state index in [1.807, 2.05) is 0 Å². The Morgan fingerprint density at radius 1 is 1.25 bits per heavy atom. The van der Waals surface area contributed by atoms with E-state index < -0.39 is 14.0 Å². The number of aliphatic carboxylic acids is 1. The Hall–Kier alpha value is -1.13. The first-order valence-corrected chi connectivity index (χ1v) is 10.3. The van der Waals surface area contributed by atoms with Crippen LogP contribution in [0.15, 0.2) is 30.3 Å². The molecule has 1 atom stereocenters. The van der Waals surface area contributed by atoms with Crippen LogP contribution < -0.4 is 5.19 Å². The molecule has 4 heteroatoms. The summed E-state index contributed by atoms with van der Waals surface area (Å²) in [5, 5.41) is 10.3. The minimum absolute atomic E-state index is 0.275. The summed E-state index contributed by atoms with van der Waals surface area (Å²) < 4.78 is 0.915. The van der Waals surface area contributed by atoms with Crippen molar-refractivity contribution in [1.82, 2.24) is 0 Å². The molecule has 0 radical (unpaired) electrons. The van der Waals surface area contributed by atoms with Crippen LogP contribution in [-0.4, -0.2) is 50.4 Å². The average Bonchev–Trinajstić information content (AvgIpc) is 2.38. The summed E-state index contributed by atoms with van der Waals surface area (Å²) in [6, 6.07) is 12.1. The van der Waals surface area contributed by atoms with Crippen LogP contribution >= 0.6 is 0 Å². The number of carbonyl (C=O) groups is 1. The average molecular weight is 294 g/mol. The predicted octanol–water partition coefficient (Wildman–Crippen LogP) is 2.47. The Balaban J connectivity index is 2.73. The van der Waals surface area contributed by atoms with Crippen LogP contribution in [0.3, 0.4) is 0 Å². The highest BCUT2D eigenvalue weighted by molar-refractivity contribution is 6.90. The van der Waals surface area contributed by atoms with Crippen molar-refractivity contribution < 1.29 is 14.4 Å². The first-order valence-electron chi connectivity index (χ1n) is 7.38. The van der Waals surface area contributed by atoms with Gasteiger partial charge in [-0.25, -0.2) is 0 Å².